The lowest BCUT2D eigenvalue weighted by Gasteiger charge is -2.10. The van der Waals surface area contributed by atoms with Gasteiger partial charge in [0.2, 0.25) is 0 Å². The van der Waals surface area contributed by atoms with E-state index in [2.05, 4.69) is 20.4 Å². The van der Waals surface area contributed by atoms with E-state index in [1.54, 1.807) is 6.08 Å². The van der Waals surface area contributed by atoms with Crippen LogP contribution in [0, 0.1) is 5.92 Å². The third-order valence-electron chi connectivity index (χ3n) is 1.98. The minimum atomic E-state index is -0.312. The highest BCUT2D eigenvalue weighted by Crippen LogP contribution is 2.03. The molecule has 76 valence electrons. The average molecular weight is 183 g/mol. The minimum absolute atomic E-state index is 0.0935. The third-order valence-corrected chi connectivity index (χ3v) is 1.98. The molecule has 0 bridgehead atoms. The molecule has 0 saturated carbocycles. The van der Waals surface area contributed by atoms with Crippen molar-refractivity contribution < 1.29 is 5.11 Å². The van der Waals surface area contributed by atoms with Gasteiger partial charge in [0, 0.05) is 6.04 Å². The molecule has 0 aliphatic heterocycles. The standard InChI is InChI=1S/C11H21NO/c1-4-6-10(13)7-5-8-11(12)9(2)3/h4-5,8-11,13H,1,6-7,12H2,2-3H3. The summed E-state index contributed by atoms with van der Waals surface area (Å²) in [6.45, 7) is 7.72. The summed E-state index contributed by atoms with van der Waals surface area (Å²) in [4.78, 5) is 0. The second-order valence-electron chi connectivity index (χ2n) is 3.66. The van der Waals surface area contributed by atoms with Crippen molar-refractivity contribution in [2.45, 2.75) is 38.8 Å². The maximum atomic E-state index is 9.34. The van der Waals surface area contributed by atoms with Crippen LogP contribution in [0.5, 0.6) is 0 Å². The van der Waals surface area contributed by atoms with E-state index in [-0.39, 0.29) is 12.1 Å². The lowest BCUT2D eigenvalue weighted by Crippen LogP contribution is -2.23. The molecule has 2 heteroatoms. The zero-order valence-corrected chi connectivity index (χ0v) is 8.61. The first-order valence-electron chi connectivity index (χ1n) is 4.79. The van der Waals surface area contributed by atoms with Gasteiger partial charge in [-0.15, -0.1) is 6.58 Å². The Morgan fingerprint density at radius 2 is 2.00 bits per heavy atom. The van der Waals surface area contributed by atoms with Crippen LogP contribution in [0.25, 0.3) is 0 Å². The predicted octanol–water partition coefficient (Wildman–Crippen LogP) is 1.85. The van der Waals surface area contributed by atoms with E-state index in [1.807, 2.05) is 12.2 Å². The average Bonchev–Trinajstić information content (AvgIpc) is 2.04. The summed E-state index contributed by atoms with van der Waals surface area (Å²) in [5.41, 5.74) is 5.79. The SMILES string of the molecule is C=CCC(O)CC=CC(N)C(C)C. The second kappa shape index (κ2) is 6.87. The Labute approximate surface area is 81.1 Å². The number of hydrogen-bond acceptors (Lipinski definition) is 2. The number of nitrogens with two attached hydrogens (primary N) is 1. The first-order chi connectivity index (χ1) is 6.07. The summed E-state index contributed by atoms with van der Waals surface area (Å²) < 4.78 is 0. The molecular weight excluding hydrogens is 162 g/mol. The van der Waals surface area contributed by atoms with Gasteiger partial charge in [-0.05, 0) is 18.8 Å². The van der Waals surface area contributed by atoms with Crippen LogP contribution in [-0.4, -0.2) is 17.3 Å². The van der Waals surface area contributed by atoms with Gasteiger partial charge in [-0.2, -0.15) is 0 Å². The minimum Gasteiger partial charge on any atom is -0.392 e. The Balaban J connectivity index is 3.67. The number of aliphatic hydroxyl groups excluding tert-OH is 1. The zero-order valence-electron chi connectivity index (χ0n) is 8.61. The van der Waals surface area contributed by atoms with Crippen molar-refractivity contribution in [3.05, 3.63) is 24.8 Å². The number of aliphatic hydroxyl groups is 1. The van der Waals surface area contributed by atoms with Crippen molar-refractivity contribution in [1.82, 2.24) is 0 Å². The van der Waals surface area contributed by atoms with Crippen LogP contribution in [0.1, 0.15) is 26.7 Å². The molecule has 0 aromatic heterocycles. The van der Waals surface area contributed by atoms with Gasteiger partial charge in [0.25, 0.3) is 0 Å². The fourth-order valence-electron chi connectivity index (χ4n) is 0.904. The summed E-state index contributed by atoms with van der Waals surface area (Å²) >= 11 is 0. The molecule has 0 radical (unpaired) electrons. The van der Waals surface area contributed by atoms with Gasteiger partial charge in [-0.25, -0.2) is 0 Å². The fraction of sp³-hybridized carbons (Fsp3) is 0.636. The predicted molar refractivity (Wildman–Crippen MR) is 57.4 cm³/mol. The zero-order chi connectivity index (χ0) is 10.3. The Kier molecular flexibility index (Phi) is 6.55. The second-order valence-corrected chi connectivity index (χ2v) is 3.66. The van der Waals surface area contributed by atoms with E-state index in [9.17, 15) is 5.11 Å². The topological polar surface area (TPSA) is 46.2 Å². The van der Waals surface area contributed by atoms with E-state index in [0.29, 0.717) is 18.8 Å². The van der Waals surface area contributed by atoms with Gasteiger partial charge in [0.05, 0.1) is 6.10 Å². The van der Waals surface area contributed by atoms with Crippen LogP contribution >= 0.6 is 0 Å². The summed E-state index contributed by atoms with van der Waals surface area (Å²) in [5, 5.41) is 9.34. The molecule has 13 heavy (non-hydrogen) atoms. The van der Waals surface area contributed by atoms with Crippen molar-refractivity contribution in [2.24, 2.45) is 11.7 Å². The Morgan fingerprint density at radius 3 is 2.46 bits per heavy atom. The highest BCUT2D eigenvalue weighted by atomic mass is 16.3. The molecule has 0 saturated heterocycles. The summed E-state index contributed by atoms with van der Waals surface area (Å²) in [6.07, 6.45) is 6.61. The lowest BCUT2D eigenvalue weighted by atomic mass is 10.0. The lowest BCUT2D eigenvalue weighted by molar-refractivity contribution is 0.181. The molecule has 0 aromatic carbocycles. The molecule has 2 atom stereocenters. The maximum absolute atomic E-state index is 9.34. The van der Waals surface area contributed by atoms with E-state index in [1.165, 1.54) is 0 Å². The van der Waals surface area contributed by atoms with Crippen LogP contribution in [0.4, 0.5) is 0 Å². The van der Waals surface area contributed by atoms with Gasteiger partial charge in [0.1, 0.15) is 0 Å². The highest BCUT2D eigenvalue weighted by molar-refractivity contribution is 4.94. The Morgan fingerprint density at radius 1 is 1.38 bits per heavy atom. The van der Waals surface area contributed by atoms with Crippen LogP contribution in [0.2, 0.25) is 0 Å². The smallest absolute Gasteiger partial charge is 0.0608 e. The summed E-state index contributed by atoms with van der Waals surface area (Å²) in [6, 6.07) is 0.0935. The van der Waals surface area contributed by atoms with Gasteiger partial charge in [-0.1, -0.05) is 32.1 Å². The normalized spacial score (nSPS) is 16.4. The fourth-order valence-corrected chi connectivity index (χ4v) is 0.904. The van der Waals surface area contributed by atoms with Crippen molar-refractivity contribution >= 4 is 0 Å². The molecule has 0 heterocycles. The molecule has 0 fully saturated rings. The van der Waals surface area contributed by atoms with E-state index < -0.39 is 0 Å². The Bertz CT molecular complexity index is 163. The van der Waals surface area contributed by atoms with Crippen LogP contribution in [0.15, 0.2) is 24.8 Å². The molecule has 0 aliphatic carbocycles. The quantitative estimate of drug-likeness (QED) is 0.617. The van der Waals surface area contributed by atoms with Gasteiger partial charge in [0.15, 0.2) is 0 Å². The van der Waals surface area contributed by atoms with E-state index in [4.69, 9.17) is 5.73 Å². The maximum Gasteiger partial charge on any atom is 0.0608 e. The highest BCUT2D eigenvalue weighted by Gasteiger charge is 2.02. The molecule has 0 spiro atoms. The molecule has 2 unspecified atom stereocenters. The van der Waals surface area contributed by atoms with Crippen molar-refractivity contribution in [2.75, 3.05) is 0 Å². The molecule has 0 aliphatic rings. The van der Waals surface area contributed by atoms with Crippen molar-refractivity contribution in [3.63, 3.8) is 0 Å². The monoisotopic (exact) mass is 183 g/mol. The van der Waals surface area contributed by atoms with Crippen molar-refractivity contribution in [3.8, 4) is 0 Å². The first kappa shape index (κ1) is 12.4. The van der Waals surface area contributed by atoms with Crippen LogP contribution in [0.3, 0.4) is 0 Å². The molecule has 2 nitrogen and oxygen atoms in total. The van der Waals surface area contributed by atoms with Crippen LogP contribution < -0.4 is 5.73 Å². The Hall–Kier alpha value is -0.600. The summed E-state index contributed by atoms with van der Waals surface area (Å²) in [5.74, 6) is 0.452. The molecule has 0 rings (SSSR count). The first-order valence-corrected chi connectivity index (χ1v) is 4.79. The van der Waals surface area contributed by atoms with Gasteiger partial charge < -0.3 is 10.8 Å². The van der Waals surface area contributed by atoms with Crippen LogP contribution in [-0.2, 0) is 0 Å². The van der Waals surface area contributed by atoms with Gasteiger partial charge >= 0.3 is 0 Å². The molecule has 3 N–H and O–H groups in total. The third kappa shape index (κ3) is 6.55. The van der Waals surface area contributed by atoms with E-state index in [0.717, 1.165) is 0 Å². The number of hydrogen-bond donors (Lipinski definition) is 2. The number of rotatable bonds is 6. The van der Waals surface area contributed by atoms with Crippen molar-refractivity contribution in [1.29, 1.82) is 0 Å². The molecule has 0 amide bonds. The van der Waals surface area contributed by atoms with E-state index >= 15 is 0 Å². The van der Waals surface area contributed by atoms with Gasteiger partial charge in [-0.3, -0.25) is 0 Å². The largest absolute Gasteiger partial charge is 0.392 e. The molecular formula is C11H21NO. The molecule has 0 aromatic rings. The summed E-state index contributed by atoms with van der Waals surface area (Å²) in [7, 11) is 0.